The molecule has 0 amide bonds. The average molecular weight is 448 g/mol. The molecule has 0 radical (unpaired) electrons. The monoisotopic (exact) mass is 448 g/mol. The number of hydrogen-bond donors (Lipinski definition) is 1. The number of para-hydroxylation sites is 1. The number of fused-ring (bicyclic) bond motifs is 1. The molecule has 4 nitrogen and oxygen atoms in total. The van der Waals surface area contributed by atoms with Crippen LogP contribution in [0, 0.1) is 18.6 Å². The quantitative estimate of drug-likeness (QED) is 0.414. The van der Waals surface area contributed by atoms with E-state index in [4.69, 9.17) is 4.74 Å². The molecule has 166 valence electrons. The molecule has 0 aliphatic rings. The number of benzene rings is 3. The molecule has 3 aromatic carbocycles. The zero-order valence-corrected chi connectivity index (χ0v) is 16.7. The molecule has 1 unspecified atom stereocenters. The first-order chi connectivity index (χ1) is 15.1. The standard InChI is InChI=1S/C23H17F5N2O2/c1-14-6-11-18(25)20(12-14)32-13-22(31,23(26,27)28)21-17-4-2-3-5-19(17)30(29-21)16-9-7-15(24)8-10-16/h2-12,31H,13H2,1H3. The van der Waals surface area contributed by atoms with Crippen molar-refractivity contribution in [1.29, 1.82) is 0 Å². The third-order valence-electron chi connectivity index (χ3n) is 5.04. The van der Waals surface area contributed by atoms with Crippen molar-refractivity contribution in [2.45, 2.75) is 18.7 Å². The summed E-state index contributed by atoms with van der Waals surface area (Å²) < 4.78 is 76.0. The summed E-state index contributed by atoms with van der Waals surface area (Å²) in [5.41, 5.74) is -3.13. The van der Waals surface area contributed by atoms with Gasteiger partial charge in [0.2, 0.25) is 5.60 Å². The first-order valence-electron chi connectivity index (χ1n) is 9.52. The number of rotatable bonds is 5. The van der Waals surface area contributed by atoms with E-state index in [-0.39, 0.29) is 10.9 Å². The summed E-state index contributed by atoms with van der Waals surface area (Å²) in [6, 6.07) is 14.7. The van der Waals surface area contributed by atoms with E-state index < -0.39 is 41.5 Å². The number of ether oxygens (including phenoxy) is 1. The lowest BCUT2D eigenvalue weighted by molar-refractivity contribution is -0.276. The second kappa shape index (κ2) is 7.90. The summed E-state index contributed by atoms with van der Waals surface area (Å²) in [7, 11) is 0. The van der Waals surface area contributed by atoms with Crippen molar-refractivity contribution in [1.82, 2.24) is 9.78 Å². The van der Waals surface area contributed by atoms with E-state index in [1.165, 1.54) is 47.1 Å². The lowest BCUT2D eigenvalue weighted by atomic mass is 9.97. The smallest absolute Gasteiger partial charge is 0.426 e. The molecule has 4 aromatic rings. The van der Waals surface area contributed by atoms with Crippen LogP contribution in [0.1, 0.15) is 11.3 Å². The maximum absolute atomic E-state index is 14.1. The van der Waals surface area contributed by atoms with Crippen LogP contribution in [0.4, 0.5) is 22.0 Å². The first-order valence-corrected chi connectivity index (χ1v) is 9.52. The van der Waals surface area contributed by atoms with Gasteiger partial charge in [0.15, 0.2) is 11.6 Å². The summed E-state index contributed by atoms with van der Waals surface area (Å²) in [5, 5.41) is 14.9. The van der Waals surface area contributed by atoms with Gasteiger partial charge in [0.25, 0.3) is 0 Å². The van der Waals surface area contributed by atoms with Crippen LogP contribution in [0.15, 0.2) is 66.7 Å². The van der Waals surface area contributed by atoms with E-state index >= 15 is 0 Å². The zero-order chi connectivity index (χ0) is 23.1. The van der Waals surface area contributed by atoms with E-state index in [0.717, 1.165) is 18.2 Å². The maximum atomic E-state index is 14.1. The minimum absolute atomic E-state index is 0.0185. The third-order valence-corrected chi connectivity index (χ3v) is 5.04. The fraction of sp³-hybridized carbons (Fsp3) is 0.174. The third kappa shape index (κ3) is 3.80. The predicted molar refractivity (Wildman–Crippen MR) is 108 cm³/mol. The Balaban J connectivity index is 1.84. The maximum Gasteiger partial charge on any atom is 0.426 e. The normalized spacial score (nSPS) is 13.8. The van der Waals surface area contributed by atoms with E-state index in [0.29, 0.717) is 11.3 Å². The van der Waals surface area contributed by atoms with Gasteiger partial charge in [-0.15, -0.1) is 0 Å². The van der Waals surface area contributed by atoms with Gasteiger partial charge in [0.05, 0.1) is 11.2 Å². The molecule has 32 heavy (non-hydrogen) atoms. The predicted octanol–water partition coefficient (Wildman–Crippen LogP) is 5.44. The van der Waals surface area contributed by atoms with Crippen LogP contribution < -0.4 is 4.74 Å². The molecule has 1 heterocycles. The number of nitrogens with zero attached hydrogens (tertiary/aromatic N) is 2. The van der Waals surface area contributed by atoms with Crippen molar-refractivity contribution in [2.24, 2.45) is 0 Å². The summed E-state index contributed by atoms with van der Waals surface area (Å²) in [4.78, 5) is 0. The molecule has 1 N–H and O–H groups in total. The van der Waals surface area contributed by atoms with Gasteiger partial charge in [-0.3, -0.25) is 0 Å². The van der Waals surface area contributed by atoms with Crippen molar-refractivity contribution in [3.05, 3.63) is 89.6 Å². The van der Waals surface area contributed by atoms with Gasteiger partial charge in [0, 0.05) is 5.39 Å². The largest absolute Gasteiger partial charge is 0.487 e. The van der Waals surface area contributed by atoms with Gasteiger partial charge in [-0.05, 0) is 55.0 Å². The van der Waals surface area contributed by atoms with Crippen molar-refractivity contribution in [3.8, 4) is 11.4 Å². The number of hydrogen-bond acceptors (Lipinski definition) is 3. The molecule has 0 fully saturated rings. The molecule has 0 saturated carbocycles. The molecule has 0 spiro atoms. The number of aliphatic hydroxyl groups is 1. The van der Waals surface area contributed by atoms with E-state index in [9.17, 15) is 27.1 Å². The van der Waals surface area contributed by atoms with Crippen molar-refractivity contribution in [3.63, 3.8) is 0 Å². The molecular formula is C23H17F5N2O2. The Hall–Kier alpha value is -3.46. The molecule has 0 saturated heterocycles. The summed E-state index contributed by atoms with van der Waals surface area (Å²) >= 11 is 0. The lowest BCUT2D eigenvalue weighted by Gasteiger charge is -2.29. The topological polar surface area (TPSA) is 47.3 Å². The number of alkyl halides is 3. The van der Waals surface area contributed by atoms with Gasteiger partial charge in [-0.1, -0.05) is 24.3 Å². The van der Waals surface area contributed by atoms with Crippen LogP contribution in [0.2, 0.25) is 0 Å². The number of halogens is 5. The van der Waals surface area contributed by atoms with Crippen LogP contribution in [0.25, 0.3) is 16.6 Å². The second-order valence-electron chi connectivity index (χ2n) is 7.33. The average Bonchev–Trinajstić information content (AvgIpc) is 3.14. The van der Waals surface area contributed by atoms with Crippen LogP contribution in [-0.2, 0) is 5.60 Å². The Kier molecular flexibility index (Phi) is 5.37. The Morgan fingerprint density at radius 1 is 0.969 bits per heavy atom. The highest BCUT2D eigenvalue weighted by molar-refractivity contribution is 5.84. The van der Waals surface area contributed by atoms with Gasteiger partial charge in [-0.25, -0.2) is 13.5 Å². The summed E-state index contributed by atoms with van der Waals surface area (Å²) in [6.07, 6.45) is -5.20. The van der Waals surface area contributed by atoms with Gasteiger partial charge < -0.3 is 9.84 Å². The second-order valence-corrected chi connectivity index (χ2v) is 7.33. The lowest BCUT2D eigenvalue weighted by Crippen LogP contribution is -2.47. The first kappa shape index (κ1) is 21.8. The van der Waals surface area contributed by atoms with Crippen LogP contribution in [0.3, 0.4) is 0 Å². The molecule has 1 atom stereocenters. The molecule has 4 rings (SSSR count). The Labute approximate surface area is 179 Å². The molecule has 0 bridgehead atoms. The van der Waals surface area contributed by atoms with Gasteiger partial charge >= 0.3 is 6.18 Å². The highest BCUT2D eigenvalue weighted by Crippen LogP contribution is 2.42. The van der Waals surface area contributed by atoms with E-state index in [2.05, 4.69) is 5.10 Å². The van der Waals surface area contributed by atoms with E-state index in [1.54, 1.807) is 13.0 Å². The fourth-order valence-electron chi connectivity index (χ4n) is 3.34. The van der Waals surface area contributed by atoms with Crippen LogP contribution in [0.5, 0.6) is 5.75 Å². The van der Waals surface area contributed by atoms with Crippen molar-refractivity contribution in [2.75, 3.05) is 6.61 Å². The number of aromatic nitrogens is 2. The van der Waals surface area contributed by atoms with Crippen LogP contribution >= 0.6 is 0 Å². The Bertz CT molecular complexity index is 1270. The SMILES string of the molecule is Cc1ccc(F)c(OCC(O)(c2nn(-c3ccc(F)cc3)c3ccccc23)C(F)(F)F)c1. The highest BCUT2D eigenvalue weighted by Gasteiger charge is 2.58. The summed E-state index contributed by atoms with van der Waals surface area (Å²) in [6.45, 7) is 0.307. The van der Waals surface area contributed by atoms with Crippen molar-refractivity contribution >= 4 is 10.9 Å². The van der Waals surface area contributed by atoms with Gasteiger partial charge in [-0.2, -0.15) is 18.3 Å². The van der Waals surface area contributed by atoms with Crippen LogP contribution in [-0.4, -0.2) is 27.7 Å². The van der Waals surface area contributed by atoms with E-state index in [1.807, 2.05) is 0 Å². The minimum atomic E-state index is -5.20. The number of aryl methyl sites for hydroxylation is 1. The Morgan fingerprint density at radius 2 is 1.66 bits per heavy atom. The molecule has 9 heteroatoms. The zero-order valence-electron chi connectivity index (χ0n) is 16.7. The molecule has 0 aliphatic carbocycles. The highest BCUT2D eigenvalue weighted by atomic mass is 19.4. The fourth-order valence-corrected chi connectivity index (χ4v) is 3.34. The Morgan fingerprint density at radius 3 is 2.34 bits per heavy atom. The van der Waals surface area contributed by atoms with Gasteiger partial charge in [0.1, 0.15) is 18.1 Å². The molecule has 0 aliphatic heterocycles. The minimum Gasteiger partial charge on any atom is -0.487 e. The molecular weight excluding hydrogens is 431 g/mol. The molecule has 1 aromatic heterocycles. The van der Waals surface area contributed by atoms with Crippen molar-refractivity contribution < 1.29 is 31.8 Å². The summed E-state index contributed by atoms with van der Waals surface area (Å²) in [5.74, 6) is -1.80.